The van der Waals surface area contributed by atoms with Crippen molar-refractivity contribution in [3.63, 3.8) is 0 Å². The molecule has 4 nitrogen and oxygen atoms in total. The molecule has 0 amide bonds. The van der Waals surface area contributed by atoms with E-state index in [1.54, 1.807) is 0 Å². The maximum absolute atomic E-state index is 12.1. The van der Waals surface area contributed by atoms with Gasteiger partial charge in [0, 0.05) is 11.5 Å². The molecule has 2 heterocycles. The minimum Gasteiger partial charge on any atom is -0.423 e. The fourth-order valence-corrected chi connectivity index (χ4v) is 6.78. The standard InChI is InChI=1S/C20H26O4/c1-18(2)6-4-7-19(3)13(18)5-8-20-14(19)9-12-15(16(20)24-20)11(10-21)17(22)23-12/h9,13-14,16,21H,4-8,10H2,1-3H3/t13-,14+,16+,19-,20+/m1/s1. The Kier molecular flexibility index (Phi) is 2.74. The van der Waals surface area contributed by atoms with Crippen molar-refractivity contribution < 1.29 is 19.4 Å². The zero-order valence-corrected chi connectivity index (χ0v) is 14.7. The Balaban J connectivity index is 1.63. The number of ether oxygens (including phenoxy) is 2. The molecule has 2 saturated carbocycles. The van der Waals surface area contributed by atoms with Gasteiger partial charge in [0.15, 0.2) is 0 Å². The van der Waals surface area contributed by atoms with Gasteiger partial charge in [-0.25, -0.2) is 4.79 Å². The summed E-state index contributed by atoms with van der Waals surface area (Å²) >= 11 is 0. The van der Waals surface area contributed by atoms with Crippen molar-refractivity contribution in [3.05, 3.63) is 23.0 Å². The van der Waals surface area contributed by atoms with Crippen LogP contribution in [0.4, 0.5) is 0 Å². The first-order chi connectivity index (χ1) is 11.3. The summed E-state index contributed by atoms with van der Waals surface area (Å²) in [6, 6.07) is 0. The number of carbonyl (C=O) groups is 1. The Morgan fingerprint density at radius 2 is 2.04 bits per heavy atom. The Labute approximate surface area is 142 Å². The molecule has 0 bridgehead atoms. The third-order valence-corrected chi connectivity index (χ3v) is 7.84. The number of aliphatic hydroxyl groups excluding tert-OH is 1. The number of aliphatic hydroxyl groups is 1. The van der Waals surface area contributed by atoms with Crippen LogP contribution in [0.3, 0.4) is 0 Å². The molecule has 0 aromatic heterocycles. The molecule has 0 aromatic rings. The van der Waals surface area contributed by atoms with E-state index in [9.17, 15) is 9.90 Å². The second-order valence-corrected chi connectivity index (χ2v) is 9.34. The number of esters is 1. The molecule has 3 fully saturated rings. The average molecular weight is 330 g/mol. The maximum Gasteiger partial charge on any atom is 0.342 e. The number of hydrogen-bond donors (Lipinski definition) is 1. The highest BCUT2D eigenvalue weighted by molar-refractivity contribution is 5.95. The number of carbonyl (C=O) groups excluding carboxylic acids is 1. The van der Waals surface area contributed by atoms with Crippen LogP contribution in [-0.2, 0) is 14.3 Å². The van der Waals surface area contributed by atoms with Crippen LogP contribution in [0.5, 0.6) is 0 Å². The Morgan fingerprint density at radius 1 is 1.25 bits per heavy atom. The summed E-state index contributed by atoms with van der Waals surface area (Å²) in [5.41, 5.74) is 1.62. The van der Waals surface area contributed by atoms with E-state index in [2.05, 4.69) is 26.8 Å². The highest BCUT2D eigenvalue weighted by Crippen LogP contribution is 2.71. The van der Waals surface area contributed by atoms with Gasteiger partial charge in [0.1, 0.15) is 17.5 Å². The first-order valence-electron chi connectivity index (χ1n) is 9.29. The first kappa shape index (κ1) is 15.2. The zero-order chi connectivity index (χ0) is 16.9. The van der Waals surface area contributed by atoms with Crippen molar-refractivity contribution in [2.75, 3.05) is 6.61 Å². The number of fused-ring (bicyclic) bond motifs is 4. The quantitative estimate of drug-likeness (QED) is 0.593. The molecule has 130 valence electrons. The van der Waals surface area contributed by atoms with Crippen LogP contribution in [0.1, 0.15) is 52.9 Å². The van der Waals surface area contributed by atoms with Crippen molar-refractivity contribution in [3.8, 4) is 0 Å². The van der Waals surface area contributed by atoms with E-state index in [1.165, 1.54) is 25.7 Å². The van der Waals surface area contributed by atoms with Crippen LogP contribution in [0, 0.1) is 22.7 Å². The van der Waals surface area contributed by atoms with E-state index in [0.29, 0.717) is 28.6 Å². The molecule has 2 aliphatic heterocycles. The van der Waals surface area contributed by atoms with Gasteiger partial charge in [-0.2, -0.15) is 0 Å². The van der Waals surface area contributed by atoms with Gasteiger partial charge in [-0.1, -0.05) is 27.2 Å². The molecule has 0 aromatic carbocycles. The molecule has 0 radical (unpaired) electrons. The molecule has 3 aliphatic carbocycles. The average Bonchev–Trinajstić information content (AvgIpc) is 3.13. The minimum absolute atomic E-state index is 0.0566. The SMILES string of the molecule is CC1(C)CCC[C@]2(C)[C@@H]1CC[C@@]13O[C@H]1C1=C(CO)C(=O)OC1=C[C@@H]23. The van der Waals surface area contributed by atoms with Gasteiger partial charge in [-0.15, -0.1) is 0 Å². The molecular formula is C20H26O4. The van der Waals surface area contributed by atoms with Crippen LogP contribution in [0.15, 0.2) is 23.0 Å². The largest absolute Gasteiger partial charge is 0.423 e. The Hall–Kier alpha value is -1.13. The van der Waals surface area contributed by atoms with Crippen molar-refractivity contribution >= 4 is 5.97 Å². The Bertz CT molecular complexity index is 702. The summed E-state index contributed by atoms with van der Waals surface area (Å²) in [7, 11) is 0. The lowest BCUT2D eigenvalue weighted by Crippen LogP contribution is -2.55. The first-order valence-corrected chi connectivity index (χ1v) is 9.29. The van der Waals surface area contributed by atoms with Crippen LogP contribution in [0.25, 0.3) is 0 Å². The van der Waals surface area contributed by atoms with Gasteiger partial charge in [0.05, 0.1) is 12.2 Å². The topological polar surface area (TPSA) is 59.1 Å². The lowest BCUT2D eigenvalue weighted by atomic mass is 9.45. The molecule has 24 heavy (non-hydrogen) atoms. The lowest BCUT2D eigenvalue weighted by Gasteiger charge is -2.59. The van der Waals surface area contributed by atoms with Gasteiger partial charge in [0.2, 0.25) is 0 Å². The number of rotatable bonds is 1. The molecule has 1 N–H and O–H groups in total. The molecule has 5 rings (SSSR count). The predicted molar refractivity (Wildman–Crippen MR) is 87.8 cm³/mol. The minimum atomic E-state index is -0.395. The fourth-order valence-electron chi connectivity index (χ4n) is 6.78. The lowest BCUT2D eigenvalue weighted by molar-refractivity contribution is -0.134. The van der Waals surface area contributed by atoms with E-state index in [-0.39, 0.29) is 23.7 Å². The number of hydrogen-bond acceptors (Lipinski definition) is 4. The molecule has 5 aliphatic rings. The summed E-state index contributed by atoms with van der Waals surface area (Å²) in [5, 5.41) is 9.57. The monoisotopic (exact) mass is 330 g/mol. The van der Waals surface area contributed by atoms with Crippen molar-refractivity contribution in [2.24, 2.45) is 22.7 Å². The fraction of sp³-hybridized carbons (Fsp3) is 0.750. The highest BCUT2D eigenvalue weighted by Gasteiger charge is 2.73. The summed E-state index contributed by atoms with van der Waals surface area (Å²) in [5.74, 6) is 1.25. The van der Waals surface area contributed by atoms with Gasteiger partial charge in [-0.3, -0.25) is 0 Å². The molecule has 0 unspecified atom stereocenters. The second-order valence-electron chi connectivity index (χ2n) is 9.34. The van der Waals surface area contributed by atoms with Crippen molar-refractivity contribution in [1.29, 1.82) is 0 Å². The maximum atomic E-state index is 12.1. The van der Waals surface area contributed by atoms with E-state index in [0.717, 1.165) is 12.0 Å². The van der Waals surface area contributed by atoms with Crippen LogP contribution < -0.4 is 0 Å². The summed E-state index contributed by atoms with van der Waals surface area (Å²) in [4.78, 5) is 12.1. The Morgan fingerprint density at radius 3 is 2.79 bits per heavy atom. The smallest absolute Gasteiger partial charge is 0.342 e. The van der Waals surface area contributed by atoms with E-state index >= 15 is 0 Å². The van der Waals surface area contributed by atoms with E-state index in [4.69, 9.17) is 9.47 Å². The molecule has 4 heteroatoms. The molecular weight excluding hydrogens is 304 g/mol. The predicted octanol–water partition coefficient (Wildman–Crippen LogP) is 3.11. The molecule has 5 atom stereocenters. The van der Waals surface area contributed by atoms with Crippen LogP contribution in [0.2, 0.25) is 0 Å². The third kappa shape index (κ3) is 1.60. The number of epoxide rings is 1. The second kappa shape index (κ2) is 4.34. The van der Waals surface area contributed by atoms with Gasteiger partial charge in [-0.05, 0) is 48.5 Å². The van der Waals surface area contributed by atoms with Gasteiger partial charge in [0.25, 0.3) is 0 Å². The van der Waals surface area contributed by atoms with Crippen LogP contribution >= 0.6 is 0 Å². The third-order valence-electron chi connectivity index (χ3n) is 7.84. The summed E-state index contributed by atoms with van der Waals surface area (Å²) < 4.78 is 11.8. The van der Waals surface area contributed by atoms with Gasteiger partial charge >= 0.3 is 5.97 Å². The van der Waals surface area contributed by atoms with Crippen LogP contribution in [-0.4, -0.2) is 29.4 Å². The van der Waals surface area contributed by atoms with Crippen molar-refractivity contribution in [1.82, 2.24) is 0 Å². The highest BCUT2D eigenvalue weighted by atomic mass is 16.6. The molecule has 1 spiro atoms. The van der Waals surface area contributed by atoms with E-state index in [1.807, 2.05) is 0 Å². The normalized spacial score (nSPS) is 47.9. The van der Waals surface area contributed by atoms with E-state index < -0.39 is 5.97 Å². The summed E-state index contributed by atoms with van der Waals surface area (Å²) in [6.07, 6.45) is 8.12. The van der Waals surface area contributed by atoms with Gasteiger partial charge < -0.3 is 14.6 Å². The molecule has 1 saturated heterocycles. The van der Waals surface area contributed by atoms with Crippen molar-refractivity contribution in [2.45, 2.75) is 64.6 Å². The summed E-state index contributed by atoms with van der Waals surface area (Å²) in [6.45, 7) is 7.00. The zero-order valence-electron chi connectivity index (χ0n) is 14.7.